The van der Waals surface area contributed by atoms with Gasteiger partial charge in [0.05, 0.1) is 12.6 Å². The second-order valence-corrected chi connectivity index (χ2v) is 6.68. The van der Waals surface area contributed by atoms with Crippen molar-refractivity contribution in [3.63, 3.8) is 0 Å². The van der Waals surface area contributed by atoms with Gasteiger partial charge in [-0.05, 0) is 19.8 Å². The number of carbonyl (C=O) groups is 2. The second kappa shape index (κ2) is 5.59. The van der Waals surface area contributed by atoms with Gasteiger partial charge in [-0.25, -0.2) is 0 Å². The van der Waals surface area contributed by atoms with Crippen molar-refractivity contribution in [2.75, 3.05) is 13.1 Å². The molecule has 1 N–H and O–H groups in total. The summed E-state index contributed by atoms with van der Waals surface area (Å²) in [4.78, 5) is 28.5. The van der Waals surface area contributed by atoms with E-state index in [1.54, 1.807) is 11.8 Å². The molecule has 1 spiro atoms. The van der Waals surface area contributed by atoms with Crippen LogP contribution in [0.25, 0.3) is 0 Å². The number of aromatic nitrogens is 2. The zero-order chi connectivity index (χ0) is 16.8. The van der Waals surface area contributed by atoms with Crippen LogP contribution in [-0.4, -0.2) is 61.7 Å². The lowest BCUT2D eigenvalue weighted by Crippen LogP contribution is -2.74. The lowest BCUT2D eigenvalue weighted by Gasteiger charge is -2.53. The SMILES string of the molecule is CC(C)C(=O)N1CCCC12CN([C@H](c1nnco1)[C@@H](C)O)C2=O. The van der Waals surface area contributed by atoms with Gasteiger partial charge in [0.25, 0.3) is 5.91 Å². The van der Waals surface area contributed by atoms with E-state index in [9.17, 15) is 14.7 Å². The van der Waals surface area contributed by atoms with E-state index in [4.69, 9.17) is 4.42 Å². The summed E-state index contributed by atoms with van der Waals surface area (Å²) >= 11 is 0. The van der Waals surface area contributed by atoms with E-state index >= 15 is 0 Å². The number of aliphatic hydroxyl groups is 1. The Morgan fingerprint density at radius 1 is 1.43 bits per heavy atom. The van der Waals surface area contributed by atoms with Crippen molar-refractivity contribution in [3.05, 3.63) is 12.3 Å². The molecule has 2 saturated heterocycles. The van der Waals surface area contributed by atoms with Gasteiger partial charge in [0, 0.05) is 12.5 Å². The Kier molecular flexibility index (Phi) is 3.87. The summed E-state index contributed by atoms with van der Waals surface area (Å²) in [5.74, 6) is -0.0757. The van der Waals surface area contributed by atoms with E-state index in [2.05, 4.69) is 10.2 Å². The van der Waals surface area contributed by atoms with Crippen molar-refractivity contribution >= 4 is 11.8 Å². The predicted octanol–water partition coefficient (Wildman–Crippen LogP) is 0.351. The molecule has 8 heteroatoms. The van der Waals surface area contributed by atoms with Crippen LogP contribution in [-0.2, 0) is 9.59 Å². The number of rotatable bonds is 4. The molecule has 0 radical (unpaired) electrons. The zero-order valence-electron chi connectivity index (χ0n) is 13.6. The first-order valence-corrected chi connectivity index (χ1v) is 7.95. The van der Waals surface area contributed by atoms with Crippen molar-refractivity contribution in [1.82, 2.24) is 20.0 Å². The molecule has 0 saturated carbocycles. The van der Waals surface area contributed by atoms with E-state index in [1.165, 1.54) is 11.3 Å². The first kappa shape index (κ1) is 15.9. The fourth-order valence-electron chi connectivity index (χ4n) is 3.63. The Morgan fingerprint density at radius 3 is 2.70 bits per heavy atom. The van der Waals surface area contributed by atoms with Crippen LogP contribution in [0.2, 0.25) is 0 Å². The molecule has 126 valence electrons. The molecule has 3 rings (SSSR count). The topological polar surface area (TPSA) is 99.8 Å². The lowest BCUT2D eigenvalue weighted by atomic mass is 9.83. The molecule has 1 aromatic rings. The number of aliphatic hydroxyl groups excluding tert-OH is 1. The van der Waals surface area contributed by atoms with Crippen LogP contribution in [0.5, 0.6) is 0 Å². The fraction of sp³-hybridized carbons (Fsp3) is 0.733. The van der Waals surface area contributed by atoms with Crippen molar-refractivity contribution in [3.8, 4) is 0 Å². The Balaban J connectivity index is 1.83. The predicted molar refractivity (Wildman–Crippen MR) is 78.9 cm³/mol. The summed E-state index contributed by atoms with van der Waals surface area (Å²) in [6.07, 6.45) is 1.82. The Morgan fingerprint density at radius 2 is 2.17 bits per heavy atom. The normalized spacial score (nSPS) is 26.7. The maximum Gasteiger partial charge on any atom is 0.251 e. The van der Waals surface area contributed by atoms with Gasteiger partial charge in [-0.3, -0.25) is 9.59 Å². The molecule has 1 aromatic heterocycles. The minimum atomic E-state index is -0.840. The van der Waals surface area contributed by atoms with Crippen molar-refractivity contribution in [1.29, 1.82) is 0 Å². The van der Waals surface area contributed by atoms with Gasteiger partial charge in [-0.1, -0.05) is 13.8 Å². The van der Waals surface area contributed by atoms with Crippen molar-refractivity contribution < 1.29 is 19.1 Å². The average Bonchev–Trinajstić information content (AvgIpc) is 3.16. The van der Waals surface area contributed by atoms with Crippen LogP contribution in [0.1, 0.15) is 45.5 Å². The molecule has 0 bridgehead atoms. The zero-order valence-corrected chi connectivity index (χ0v) is 13.6. The standard InChI is InChI=1S/C15H22N4O4/c1-9(2)13(21)19-6-4-5-15(19)7-18(14(15)22)11(10(3)20)12-17-16-8-23-12/h8-11,20H,4-7H2,1-3H3/t10-,11+,15?/m1/s1. The van der Waals surface area contributed by atoms with Crippen LogP contribution < -0.4 is 0 Å². The Bertz CT molecular complexity index is 601. The number of hydrogen-bond acceptors (Lipinski definition) is 6. The van der Waals surface area contributed by atoms with Gasteiger partial charge in [-0.2, -0.15) is 0 Å². The number of amides is 2. The monoisotopic (exact) mass is 322 g/mol. The minimum absolute atomic E-state index is 0.00175. The molecular weight excluding hydrogens is 300 g/mol. The number of likely N-dealkylation sites (tertiary alicyclic amines) is 2. The minimum Gasteiger partial charge on any atom is -0.426 e. The molecule has 23 heavy (non-hydrogen) atoms. The quantitative estimate of drug-likeness (QED) is 0.803. The molecule has 2 aliphatic heterocycles. The maximum absolute atomic E-state index is 12.9. The summed E-state index contributed by atoms with van der Waals surface area (Å²) in [5.41, 5.74) is -0.755. The molecule has 3 atom stereocenters. The summed E-state index contributed by atoms with van der Waals surface area (Å²) < 4.78 is 5.17. The molecule has 3 heterocycles. The third kappa shape index (κ3) is 2.32. The maximum atomic E-state index is 12.9. The van der Waals surface area contributed by atoms with E-state index in [0.29, 0.717) is 19.5 Å². The number of nitrogens with zero attached hydrogens (tertiary/aromatic N) is 4. The van der Waals surface area contributed by atoms with E-state index in [-0.39, 0.29) is 23.6 Å². The molecule has 0 aromatic carbocycles. The molecule has 8 nitrogen and oxygen atoms in total. The fourth-order valence-corrected chi connectivity index (χ4v) is 3.63. The highest BCUT2D eigenvalue weighted by atomic mass is 16.4. The van der Waals surface area contributed by atoms with Gasteiger partial charge in [0.1, 0.15) is 11.6 Å². The van der Waals surface area contributed by atoms with Crippen LogP contribution in [0.4, 0.5) is 0 Å². The highest BCUT2D eigenvalue weighted by Crippen LogP contribution is 2.43. The highest BCUT2D eigenvalue weighted by Gasteiger charge is 2.62. The smallest absolute Gasteiger partial charge is 0.251 e. The third-order valence-electron chi connectivity index (χ3n) is 4.76. The Labute approximate surface area is 134 Å². The number of hydrogen-bond donors (Lipinski definition) is 1. The Hall–Kier alpha value is -1.96. The van der Waals surface area contributed by atoms with Gasteiger partial charge < -0.3 is 19.3 Å². The van der Waals surface area contributed by atoms with Crippen LogP contribution in [0, 0.1) is 5.92 Å². The number of β-lactam (4-membered cyclic amide) rings is 1. The molecule has 0 aliphatic carbocycles. The summed E-state index contributed by atoms with van der Waals surface area (Å²) in [5, 5.41) is 17.5. The molecular formula is C15H22N4O4. The van der Waals surface area contributed by atoms with Gasteiger partial charge in [0.15, 0.2) is 0 Å². The molecule has 2 fully saturated rings. The number of carbonyl (C=O) groups excluding carboxylic acids is 2. The van der Waals surface area contributed by atoms with Gasteiger partial charge in [0.2, 0.25) is 18.2 Å². The van der Waals surface area contributed by atoms with E-state index < -0.39 is 17.7 Å². The van der Waals surface area contributed by atoms with E-state index in [0.717, 1.165) is 6.42 Å². The van der Waals surface area contributed by atoms with Crippen LogP contribution in [0.15, 0.2) is 10.8 Å². The highest BCUT2D eigenvalue weighted by molar-refractivity contribution is 5.97. The first-order valence-electron chi connectivity index (χ1n) is 7.95. The third-order valence-corrected chi connectivity index (χ3v) is 4.76. The van der Waals surface area contributed by atoms with Crippen LogP contribution >= 0.6 is 0 Å². The van der Waals surface area contributed by atoms with Gasteiger partial charge in [-0.15, -0.1) is 10.2 Å². The van der Waals surface area contributed by atoms with Crippen molar-refractivity contribution in [2.45, 2.75) is 51.3 Å². The van der Waals surface area contributed by atoms with E-state index in [1.807, 2.05) is 13.8 Å². The summed E-state index contributed by atoms with van der Waals surface area (Å²) in [6, 6.07) is -0.674. The molecule has 2 aliphatic rings. The van der Waals surface area contributed by atoms with Crippen molar-refractivity contribution in [2.24, 2.45) is 5.92 Å². The molecule has 1 unspecified atom stereocenters. The van der Waals surface area contributed by atoms with Crippen LogP contribution in [0.3, 0.4) is 0 Å². The lowest BCUT2D eigenvalue weighted by molar-refractivity contribution is -0.176. The van der Waals surface area contributed by atoms with Gasteiger partial charge >= 0.3 is 0 Å². The largest absolute Gasteiger partial charge is 0.426 e. The summed E-state index contributed by atoms with van der Waals surface area (Å²) in [6.45, 7) is 6.26. The second-order valence-electron chi connectivity index (χ2n) is 6.68. The average molecular weight is 322 g/mol. The summed E-state index contributed by atoms with van der Waals surface area (Å²) in [7, 11) is 0. The molecule has 2 amide bonds. The first-order chi connectivity index (χ1) is 10.9.